The summed E-state index contributed by atoms with van der Waals surface area (Å²) in [5.74, 6) is -1.10. The van der Waals surface area contributed by atoms with Crippen molar-refractivity contribution >= 4 is 12.0 Å². The van der Waals surface area contributed by atoms with Crippen molar-refractivity contribution in [3.8, 4) is 0 Å². The smallest absolute Gasteiger partial charge is 0.328 e. The highest BCUT2D eigenvalue weighted by Gasteiger charge is 2.25. The number of ether oxygens (including phenoxy) is 1. The first-order valence-corrected chi connectivity index (χ1v) is 5.57. The van der Waals surface area contributed by atoms with Crippen LogP contribution in [0.25, 0.3) is 0 Å². The van der Waals surface area contributed by atoms with Crippen molar-refractivity contribution in [3.05, 3.63) is 0 Å². The van der Waals surface area contributed by atoms with Gasteiger partial charge in [-0.2, -0.15) is 0 Å². The van der Waals surface area contributed by atoms with Gasteiger partial charge in [-0.25, -0.2) is 9.59 Å². The minimum atomic E-state index is -1.10. The molecule has 0 bridgehead atoms. The fraction of sp³-hybridized carbons (Fsp3) is 0.800. The van der Waals surface area contributed by atoms with Gasteiger partial charge in [0.25, 0.3) is 0 Å². The summed E-state index contributed by atoms with van der Waals surface area (Å²) in [4.78, 5) is 24.2. The Labute approximate surface area is 99.9 Å². The third kappa shape index (κ3) is 4.20. The zero-order valence-corrected chi connectivity index (χ0v) is 9.89. The molecule has 1 aliphatic heterocycles. The van der Waals surface area contributed by atoms with Gasteiger partial charge in [-0.1, -0.05) is 0 Å². The Bertz CT molecular complexity index is 277. The van der Waals surface area contributed by atoms with Crippen molar-refractivity contribution < 1.29 is 19.4 Å². The van der Waals surface area contributed by atoms with Crippen LogP contribution in [0.2, 0.25) is 0 Å². The largest absolute Gasteiger partial charge is 0.480 e. The summed E-state index contributed by atoms with van der Waals surface area (Å²) in [6.45, 7) is 1.08. The van der Waals surface area contributed by atoms with E-state index in [-0.39, 0.29) is 18.7 Å². The molecule has 1 heterocycles. The third-order valence-electron chi connectivity index (χ3n) is 2.76. The van der Waals surface area contributed by atoms with Gasteiger partial charge >= 0.3 is 12.0 Å². The number of rotatable bonds is 4. The number of carboxylic acid groups (broad SMARTS) is 1. The minimum Gasteiger partial charge on any atom is -0.480 e. The molecule has 7 nitrogen and oxygen atoms in total. The van der Waals surface area contributed by atoms with E-state index in [1.165, 1.54) is 7.11 Å². The summed E-state index contributed by atoms with van der Waals surface area (Å²) >= 11 is 0. The first kappa shape index (κ1) is 13.7. The van der Waals surface area contributed by atoms with Crippen molar-refractivity contribution in [1.82, 2.24) is 10.2 Å². The van der Waals surface area contributed by atoms with E-state index in [2.05, 4.69) is 5.32 Å². The van der Waals surface area contributed by atoms with Gasteiger partial charge in [0.2, 0.25) is 0 Å². The van der Waals surface area contributed by atoms with Crippen LogP contribution in [0.3, 0.4) is 0 Å². The molecule has 2 amide bonds. The molecule has 1 unspecified atom stereocenters. The lowest BCUT2D eigenvalue weighted by Gasteiger charge is -2.31. The van der Waals surface area contributed by atoms with Gasteiger partial charge in [0.15, 0.2) is 6.04 Å². The molecule has 1 aliphatic rings. The quantitative estimate of drug-likeness (QED) is 0.602. The molecule has 1 rings (SSSR count). The number of hydrogen-bond donors (Lipinski definition) is 3. The van der Waals surface area contributed by atoms with Crippen molar-refractivity contribution in [3.63, 3.8) is 0 Å². The van der Waals surface area contributed by atoms with Crippen molar-refractivity contribution in [2.75, 3.05) is 26.8 Å². The average Bonchev–Trinajstić information content (AvgIpc) is 2.29. The maximum absolute atomic E-state index is 11.7. The number of carbonyl (C=O) groups excluding carboxylic acids is 1. The molecular weight excluding hydrogens is 226 g/mol. The summed E-state index contributed by atoms with van der Waals surface area (Å²) in [6.07, 6.45) is 1.49. The van der Waals surface area contributed by atoms with E-state index < -0.39 is 12.0 Å². The Morgan fingerprint density at radius 1 is 1.53 bits per heavy atom. The SMILES string of the molecule is COCC(NC(=O)N1CCC(N)CC1)C(=O)O. The second kappa shape index (κ2) is 6.41. The molecule has 0 saturated carbocycles. The average molecular weight is 245 g/mol. The van der Waals surface area contributed by atoms with Gasteiger partial charge in [0, 0.05) is 26.2 Å². The predicted molar refractivity (Wildman–Crippen MR) is 60.6 cm³/mol. The van der Waals surface area contributed by atoms with Gasteiger partial charge in [-0.3, -0.25) is 0 Å². The molecule has 0 aromatic rings. The number of aliphatic carboxylic acids is 1. The number of likely N-dealkylation sites (tertiary alicyclic amines) is 1. The number of carbonyl (C=O) groups is 2. The Balaban J connectivity index is 2.44. The number of hydrogen-bond acceptors (Lipinski definition) is 4. The summed E-state index contributed by atoms with van der Waals surface area (Å²) in [5, 5.41) is 11.3. The van der Waals surface area contributed by atoms with E-state index in [1.54, 1.807) is 4.90 Å². The van der Waals surface area contributed by atoms with Crippen LogP contribution < -0.4 is 11.1 Å². The van der Waals surface area contributed by atoms with Gasteiger partial charge in [0.1, 0.15) is 0 Å². The maximum atomic E-state index is 11.7. The van der Waals surface area contributed by atoms with Crippen LogP contribution in [-0.4, -0.2) is 60.9 Å². The Kier molecular flexibility index (Phi) is 5.17. The molecule has 98 valence electrons. The minimum absolute atomic E-state index is 0.0472. The number of methoxy groups -OCH3 is 1. The molecule has 0 radical (unpaired) electrons. The number of carboxylic acids is 1. The lowest BCUT2D eigenvalue weighted by atomic mass is 10.1. The molecule has 7 heteroatoms. The number of nitrogens with one attached hydrogen (secondary N) is 1. The first-order chi connectivity index (χ1) is 8.04. The van der Waals surface area contributed by atoms with E-state index in [0.29, 0.717) is 13.1 Å². The molecule has 1 atom stereocenters. The molecule has 17 heavy (non-hydrogen) atoms. The van der Waals surface area contributed by atoms with Gasteiger partial charge < -0.3 is 25.8 Å². The monoisotopic (exact) mass is 245 g/mol. The summed E-state index contributed by atoms with van der Waals surface area (Å²) in [7, 11) is 1.39. The van der Waals surface area contributed by atoms with Crippen molar-refractivity contribution in [2.24, 2.45) is 5.73 Å². The van der Waals surface area contributed by atoms with Crippen molar-refractivity contribution in [2.45, 2.75) is 24.9 Å². The van der Waals surface area contributed by atoms with Crippen LogP contribution in [-0.2, 0) is 9.53 Å². The summed E-state index contributed by atoms with van der Waals surface area (Å²) < 4.78 is 4.74. The van der Waals surface area contributed by atoms with Gasteiger partial charge in [-0.05, 0) is 12.8 Å². The van der Waals surface area contributed by atoms with E-state index in [4.69, 9.17) is 15.6 Å². The second-order valence-electron chi connectivity index (χ2n) is 4.12. The highest BCUT2D eigenvalue weighted by Crippen LogP contribution is 2.08. The van der Waals surface area contributed by atoms with Crippen LogP contribution >= 0.6 is 0 Å². The zero-order valence-electron chi connectivity index (χ0n) is 9.89. The van der Waals surface area contributed by atoms with E-state index >= 15 is 0 Å². The van der Waals surface area contributed by atoms with Crippen LogP contribution in [0.1, 0.15) is 12.8 Å². The lowest BCUT2D eigenvalue weighted by Crippen LogP contribution is -2.52. The van der Waals surface area contributed by atoms with Crippen molar-refractivity contribution in [1.29, 1.82) is 0 Å². The normalized spacial score (nSPS) is 18.8. The van der Waals surface area contributed by atoms with Gasteiger partial charge in [0.05, 0.1) is 6.61 Å². The van der Waals surface area contributed by atoms with Crippen LogP contribution in [0.4, 0.5) is 4.79 Å². The number of nitrogens with zero attached hydrogens (tertiary/aromatic N) is 1. The Hall–Kier alpha value is -1.34. The Morgan fingerprint density at radius 3 is 2.59 bits per heavy atom. The highest BCUT2D eigenvalue weighted by molar-refractivity contribution is 5.82. The number of nitrogens with two attached hydrogens (primary N) is 1. The van der Waals surface area contributed by atoms with Crippen LogP contribution in [0.5, 0.6) is 0 Å². The van der Waals surface area contributed by atoms with E-state index in [1.807, 2.05) is 0 Å². The Morgan fingerprint density at radius 2 is 2.12 bits per heavy atom. The first-order valence-electron chi connectivity index (χ1n) is 5.57. The van der Waals surface area contributed by atoms with Crippen LogP contribution in [0, 0.1) is 0 Å². The molecule has 0 aromatic heterocycles. The molecule has 1 fully saturated rings. The molecule has 0 spiro atoms. The molecule has 1 saturated heterocycles. The second-order valence-corrected chi connectivity index (χ2v) is 4.12. The van der Waals surface area contributed by atoms with Crippen LogP contribution in [0.15, 0.2) is 0 Å². The van der Waals surface area contributed by atoms with E-state index in [0.717, 1.165) is 12.8 Å². The number of urea groups is 1. The number of piperidine rings is 1. The lowest BCUT2D eigenvalue weighted by molar-refractivity contribution is -0.140. The fourth-order valence-corrected chi connectivity index (χ4v) is 1.68. The zero-order chi connectivity index (χ0) is 12.8. The van der Waals surface area contributed by atoms with E-state index in [9.17, 15) is 9.59 Å². The molecule has 0 aromatic carbocycles. The molecule has 4 N–H and O–H groups in total. The standard InChI is InChI=1S/C10H19N3O4/c1-17-6-8(9(14)15)12-10(16)13-4-2-7(11)3-5-13/h7-8H,2-6,11H2,1H3,(H,12,16)(H,14,15). The molecule has 0 aliphatic carbocycles. The highest BCUT2D eigenvalue weighted by atomic mass is 16.5. The summed E-state index contributed by atoms with van der Waals surface area (Å²) in [5.41, 5.74) is 5.72. The maximum Gasteiger partial charge on any atom is 0.328 e. The fourth-order valence-electron chi connectivity index (χ4n) is 1.68. The number of amides is 2. The topological polar surface area (TPSA) is 105 Å². The third-order valence-corrected chi connectivity index (χ3v) is 2.76. The van der Waals surface area contributed by atoms with Gasteiger partial charge in [-0.15, -0.1) is 0 Å². The molecular formula is C10H19N3O4. The summed E-state index contributed by atoms with van der Waals surface area (Å²) in [6, 6.07) is -1.25. The predicted octanol–water partition coefficient (Wildman–Crippen LogP) is -0.781.